The van der Waals surface area contributed by atoms with Gasteiger partial charge in [0.1, 0.15) is 0 Å². The molecule has 128 valence electrons. The smallest absolute Gasteiger partial charge is 0.282 e. The van der Waals surface area contributed by atoms with Crippen molar-refractivity contribution in [2.45, 2.75) is 20.8 Å². The average Bonchev–Trinajstić information content (AvgIpc) is 2.56. The molecule has 0 spiro atoms. The molecule has 1 aromatic heterocycles. The Kier molecular flexibility index (Phi) is 4.35. The van der Waals surface area contributed by atoms with E-state index in [-0.39, 0.29) is 5.69 Å². The molecule has 0 aliphatic carbocycles. The van der Waals surface area contributed by atoms with Gasteiger partial charge in [0.25, 0.3) is 11.5 Å². The summed E-state index contributed by atoms with van der Waals surface area (Å²) in [5.41, 5.74) is 4.27. The minimum Gasteiger partial charge on any atom is -0.320 e. The number of benzene rings is 2. The van der Waals surface area contributed by atoms with E-state index in [9.17, 15) is 9.59 Å². The van der Waals surface area contributed by atoms with Crippen molar-refractivity contribution >= 4 is 34.2 Å². The van der Waals surface area contributed by atoms with E-state index in [1.54, 1.807) is 25.2 Å². The number of carbonyl (C=O) groups is 1. The van der Waals surface area contributed by atoms with Crippen LogP contribution in [0.15, 0.2) is 35.1 Å². The van der Waals surface area contributed by atoms with Crippen LogP contribution in [0.4, 0.5) is 5.69 Å². The van der Waals surface area contributed by atoms with Gasteiger partial charge in [-0.1, -0.05) is 17.7 Å². The molecule has 1 heterocycles. The highest BCUT2D eigenvalue weighted by molar-refractivity contribution is 6.31. The first-order chi connectivity index (χ1) is 11.8. The van der Waals surface area contributed by atoms with Gasteiger partial charge >= 0.3 is 0 Å². The van der Waals surface area contributed by atoms with Gasteiger partial charge < -0.3 is 9.88 Å². The number of aryl methyl sites for hydroxylation is 4. The molecule has 1 N–H and O–H groups in total. The summed E-state index contributed by atoms with van der Waals surface area (Å²) in [6.45, 7) is 5.81. The number of carbonyl (C=O) groups excluding carboxylic acids is 1. The number of aromatic nitrogens is 2. The number of hydrogen-bond acceptors (Lipinski definition) is 3. The number of hydrogen-bond donors (Lipinski definition) is 1. The minimum atomic E-state index is -0.555. The zero-order valence-electron chi connectivity index (χ0n) is 14.5. The zero-order valence-corrected chi connectivity index (χ0v) is 15.2. The predicted octanol–water partition coefficient (Wildman–Crippen LogP) is 3.76. The largest absolute Gasteiger partial charge is 0.320 e. The van der Waals surface area contributed by atoms with Crippen molar-refractivity contribution in [2.75, 3.05) is 5.32 Å². The second-order valence-corrected chi connectivity index (χ2v) is 6.58. The Balaban J connectivity index is 2.06. The molecular weight excluding hydrogens is 338 g/mol. The quantitative estimate of drug-likeness (QED) is 0.761. The zero-order chi connectivity index (χ0) is 18.3. The van der Waals surface area contributed by atoms with Crippen LogP contribution in [0.1, 0.15) is 27.2 Å². The SMILES string of the molecule is Cc1cc2nc(C(=O)Nc3ccc(C)c(Cl)c3)c(=O)n(C)c2cc1C. The van der Waals surface area contributed by atoms with Gasteiger partial charge in [0.2, 0.25) is 0 Å². The topological polar surface area (TPSA) is 64.0 Å². The van der Waals surface area contributed by atoms with E-state index in [0.717, 1.165) is 16.7 Å². The third-order valence-electron chi connectivity index (χ3n) is 4.34. The van der Waals surface area contributed by atoms with Gasteiger partial charge in [0, 0.05) is 17.8 Å². The van der Waals surface area contributed by atoms with E-state index in [1.807, 2.05) is 32.9 Å². The highest BCUT2D eigenvalue weighted by atomic mass is 35.5. The van der Waals surface area contributed by atoms with E-state index >= 15 is 0 Å². The molecule has 2 aromatic carbocycles. The lowest BCUT2D eigenvalue weighted by molar-refractivity contribution is 0.102. The van der Waals surface area contributed by atoms with Crippen molar-refractivity contribution < 1.29 is 4.79 Å². The van der Waals surface area contributed by atoms with Crippen molar-refractivity contribution in [3.8, 4) is 0 Å². The van der Waals surface area contributed by atoms with E-state index in [4.69, 9.17) is 11.6 Å². The standard InChI is InChI=1S/C19H18ClN3O2/c1-10-5-6-13(9-14(10)20)21-18(24)17-19(25)23(4)16-8-12(3)11(2)7-15(16)22-17/h5-9H,1-4H3,(H,21,24). The summed E-state index contributed by atoms with van der Waals surface area (Å²) in [5, 5.41) is 3.23. The summed E-state index contributed by atoms with van der Waals surface area (Å²) in [4.78, 5) is 29.4. The van der Waals surface area contributed by atoms with Crippen molar-refractivity contribution in [3.05, 3.63) is 68.1 Å². The number of rotatable bonds is 2. The molecule has 25 heavy (non-hydrogen) atoms. The summed E-state index contributed by atoms with van der Waals surface area (Å²) in [5.74, 6) is -0.555. The minimum absolute atomic E-state index is 0.144. The fraction of sp³-hybridized carbons (Fsp3) is 0.211. The third kappa shape index (κ3) is 3.15. The highest BCUT2D eigenvalue weighted by Gasteiger charge is 2.17. The molecule has 3 rings (SSSR count). The Bertz CT molecular complexity index is 1070. The monoisotopic (exact) mass is 355 g/mol. The summed E-state index contributed by atoms with van der Waals surface area (Å²) >= 11 is 6.08. The summed E-state index contributed by atoms with van der Waals surface area (Å²) < 4.78 is 1.45. The van der Waals surface area contributed by atoms with Gasteiger partial charge in [-0.05, 0) is 61.7 Å². The molecule has 0 fully saturated rings. The first kappa shape index (κ1) is 17.2. The summed E-state index contributed by atoms with van der Waals surface area (Å²) in [7, 11) is 1.64. The van der Waals surface area contributed by atoms with Crippen LogP contribution < -0.4 is 10.9 Å². The second-order valence-electron chi connectivity index (χ2n) is 6.17. The fourth-order valence-electron chi connectivity index (χ4n) is 2.59. The summed E-state index contributed by atoms with van der Waals surface area (Å²) in [6.07, 6.45) is 0. The highest BCUT2D eigenvalue weighted by Crippen LogP contribution is 2.21. The number of halogens is 1. The Morgan fingerprint density at radius 2 is 1.76 bits per heavy atom. The molecule has 0 unspecified atom stereocenters. The van der Waals surface area contributed by atoms with E-state index in [1.165, 1.54) is 4.57 Å². The van der Waals surface area contributed by atoms with E-state index < -0.39 is 11.5 Å². The van der Waals surface area contributed by atoms with E-state index in [0.29, 0.717) is 21.7 Å². The molecule has 0 aliphatic heterocycles. The molecule has 1 amide bonds. The maximum absolute atomic E-state index is 12.5. The molecule has 0 aliphatic rings. The predicted molar refractivity (Wildman–Crippen MR) is 101 cm³/mol. The van der Waals surface area contributed by atoms with Crippen LogP contribution in [0.3, 0.4) is 0 Å². The Labute approximate surface area is 150 Å². The van der Waals surface area contributed by atoms with Crippen LogP contribution in [-0.2, 0) is 7.05 Å². The van der Waals surface area contributed by atoms with Gasteiger partial charge in [-0.15, -0.1) is 0 Å². The van der Waals surface area contributed by atoms with Gasteiger partial charge in [0.05, 0.1) is 11.0 Å². The Hall–Kier alpha value is -2.66. The molecule has 0 saturated carbocycles. The van der Waals surface area contributed by atoms with Gasteiger partial charge in [-0.25, -0.2) is 4.98 Å². The molecule has 0 radical (unpaired) electrons. The van der Waals surface area contributed by atoms with E-state index in [2.05, 4.69) is 10.3 Å². The maximum atomic E-state index is 12.5. The lowest BCUT2D eigenvalue weighted by atomic mass is 10.1. The lowest BCUT2D eigenvalue weighted by Crippen LogP contribution is -2.29. The number of anilines is 1. The van der Waals surface area contributed by atoms with Crippen LogP contribution >= 0.6 is 11.6 Å². The first-order valence-electron chi connectivity index (χ1n) is 7.83. The normalized spacial score (nSPS) is 10.9. The second kappa shape index (κ2) is 6.33. The van der Waals surface area contributed by atoms with Crippen LogP contribution in [0.5, 0.6) is 0 Å². The van der Waals surface area contributed by atoms with Crippen molar-refractivity contribution in [2.24, 2.45) is 7.05 Å². The lowest BCUT2D eigenvalue weighted by Gasteiger charge is -2.11. The number of fused-ring (bicyclic) bond motifs is 1. The van der Waals surface area contributed by atoms with Crippen molar-refractivity contribution in [1.29, 1.82) is 0 Å². The van der Waals surface area contributed by atoms with Crippen molar-refractivity contribution in [1.82, 2.24) is 9.55 Å². The fourth-order valence-corrected chi connectivity index (χ4v) is 2.77. The maximum Gasteiger partial charge on any atom is 0.282 e. The molecule has 6 heteroatoms. The third-order valence-corrected chi connectivity index (χ3v) is 4.74. The molecule has 0 atom stereocenters. The number of nitrogens with zero attached hydrogens (tertiary/aromatic N) is 2. The Morgan fingerprint density at radius 3 is 2.44 bits per heavy atom. The average molecular weight is 356 g/mol. The van der Waals surface area contributed by atoms with Gasteiger partial charge in [-0.3, -0.25) is 9.59 Å². The van der Waals surface area contributed by atoms with Gasteiger partial charge in [-0.2, -0.15) is 0 Å². The molecule has 3 aromatic rings. The summed E-state index contributed by atoms with van der Waals surface area (Å²) in [6, 6.07) is 8.96. The first-order valence-corrected chi connectivity index (χ1v) is 8.21. The van der Waals surface area contributed by atoms with Crippen molar-refractivity contribution in [3.63, 3.8) is 0 Å². The molecule has 0 saturated heterocycles. The number of nitrogens with one attached hydrogen (secondary N) is 1. The Morgan fingerprint density at radius 1 is 1.08 bits per heavy atom. The van der Waals surface area contributed by atoms with Crippen LogP contribution in [-0.4, -0.2) is 15.5 Å². The molecular formula is C19H18ClN3O2. The van der Waals surface area contributed by atoms with Gasteiger partial charge in [0.15, 0.2) is 5.69 Å². The van der Waals surface area contributed by atoms with Crippen LogP contribution in [0, 0.1) is 20.8 Å². The van der Waals surface area contributed by atoms with Crippen LogP contribution in [0.25, 0.3) is 11.0 Å². The number of amides is 1. The molecule has 0 bridgehead atoms. The molecule has 5 nitrogen and oxygen atoms in total. The van der Waals surface area contributed by atoms with Crippen LogP contribution in [0.2, 0.25) is 5.02 Å².